The van der Waals surface area contributed by atoms with Gasteiger partial charge in [0, 0.05) is 26.2 Å². The molecular formula is C18H36IN3O2. The molecule has 1 heterocycles. The number of guanidine groups is 1. The van der Waals surface area contributed by atoms with Crippen LogP contribution in [0.3, 0.4) is 0 Å². The van der Waals surface area contributed by atoms with Gasteiger partial charge in [-0.15, -0.1) is 24.0 Å². The molecule has 0 radical (unpaired) electrons. The van der Waals surface area contributed by atoms with Crippen molar-refractivity contribution < 1.29 is 9.53 Å². The van der Waals surface area contributed by atoms with Crippen LogP contribution < -0.4 is 5.32 Å². The van der Waals surface area contributed by atoms with Crippen LogP contribution in [0.2, 0.25) is 0 Å². The Balaban J connectivity index is 0.00000529. The van der Waals surface area contributed by atoms with Crippen LogP contribution in [0.5, 0.6) is 0 Å². The van der Waals surface area contributed by atoms with Crippen molar-refractivity contribution in [3.63, 3.8) is 0 Å². The third-order valence-corrected chi connectivity index (χ3v) is 4.71. The van der Waals surface area contributed by atoms with Gasteiger partial charge in [-0.05, 0) is 32.1 Å². The molecule has 1 fully saturated rings. The summed E-state index contributed by atoms with van der Waals surface area (Å²) in [5.41, 5.74) is 0. The number of likely N-dealkylation sites (tertiary alicyclic amines) is 1. The van der Waals surface area contributed by atoms with Crippen molar-refractivity contribution in [2.75, 3.05) is 33.3 Å². The van der Waals surface area contributed by atoms with Crippen molar-refractivity contribution in [2.45, 2.75) is 59.3 Å². The number of aliphatic imine (C=N–C) groups is 1. The second-order valence-electron chi connectivity index (χ2n) is 6.40. The van der Waals surface area contributed by atoms with Gasteiger partial charge in [0.05, 0.1) is 13.0 Å². The summed E-state index contributed by atoms with van der Waals surface area (Å²) in [6, 6.07) is 0. The molecule has 142 valence electrons. The Morgan fingerprint density at radius 3 is 2.46 bits per heavy atom. The summed E-state index contributed by atoms with van der Waals surface area (Å²) in [6.45, 7) is 10.1. The van der Waals surface area contributed by atoms with E-state index >= 15 is 0 Å². The molecule has 1 unspecified atom stereocenters. The molecule has 1 rings (SSSR count). The monoisotopic (exact) mass is 453 g/mol. The Hall–Kier alpha value is -0.530. The van der Waals surface area contributed by atoms with Gasteiger partial charge in [-0.2, -0.15) is 0 Å². The minimum absolute atomic E-state index is 0. The number of hydrogen-bond donors (Lipinski definition) is 1. The highest BCUT2D eigenvalue weighted by molar-refractivity contribution is 14.0. The average molecular weight is 453 g/mol. The van der Waals surface area contributed by atoms with Gasteiger partial charge in [0.1, 0.15) is 0 Å². The van der Waals surface area contributed by atoms with Crippen LogP contribution >= 0.6 is 24.0 Å². The van der Waals surface area contributed by atoms with E-state index in [0.29, 0.717) is 5.92 Å². The molecule has 6 heteroatoms. The standard InChI is InChI=1S/C18H35N3O2.HI/c1-5-8-9-15(6-2)14-20-18(19-7-3)21-12-10-16(11-13-21)17(22)23-4;/h15-16H,5-14H2,1-4H3,(H,19,20);1H. The van der Waals surface area contributed by atoms with E-state index in [1.54, 1.807) is 0 Å². The van der Waals surface area contributed by atoms with E-state index in [0.717, 1.165) is 45.0 Å². The Kier molecular flexibility index (Phi) is 13.4. The number of rotatable bonds is 8. The summed E-state index contributed by atoms with van der Waals surface area (Å²) in [5.74, 6) is 1.66. The first-order valence-electron chi connectivity index (χ1n) is 9.27. The summed E-state index contributed by atoms with van der Waals surface area (Å²) >= 11 is 0. The number of carbonyl (C=O) groups is 1. The maximum absolute atomic E-state index is 11.6. The van der Waals surface area contributed by atoms with Gasteiger partial charge in [0.2, 0.25) is 0 Å². The summed E-state index contributed by atoms with van der Waals surface area (Å²) in [5, 5.41) is 3.41. The molecule has 1 saturated heterocycles. The molecule has 1 N–H and O–H groups in total. The molecule has 0 spiro atoms. The van der Waals surface area contributed by atoms with E-state index in [9.17, 15) is 4.79 Å². The number of nitrogens with one attached hydrogen (secondary N) is 1. The second kappa shape index (κ2) is 13.7. The summed E-state index contributed by atoms with van der Waals surface area (Å²) in [6.07, 6.45) is 6.69. The quantitative estimate of drug-likeness (QED) is 0.264. The van der Waals surface area contributed by atoms with E-state index in [2.05, 4.69) is 31.0 Å². The Labute approximate surface area is 165 Å². The third kappa shape index (κ3) is 8.03. The average Bonchev–Trinajstić information content (AvgIpc) is 2.60. The van der Waals surface area contributed by atoms with Gasteiger partial charge in [0.25, 0.3) is 0 Å². The number of ether oxygens (including phenoxy) is 1. The Morgan fingerprint density at radius 2 is 1.96 bits per heavy atom. The maximum atomic E-state index is 11.6. The molecule has 1 atom stereocenters. The summed E-state index contributed by atoms with van der Waals surface area (Å²) < 4.78 is 4.86. The zero-order chi connectivity index (χ0) is 17.1. The highest BCUT2D eigenvalue weighted by Crippen LogP contribution is 2.19. The number of hydrogen-bond acceptors (Lipinski definition) is 3. The maximum Gasteiger partial charge on any atom is 0.308 e. The van der Waals surface area contributed by atoms with Gasteiger partial charge in [0.15, 0.2) is 5.96 Å². The van der Waals surface area contributed by atoms with Crippen molar-refractivity contribution in [1.29, 1.82) is 0 Å². The number of esters is 1. The van der Waals surface area contributed by atoms with Crippen LogP contribution in [0.25, 0.3) is 0 Å². The fraction of sp³-hybridized carbons (Fsp3) is 0.889. The zero-order valence-electron chi connectivity index (χ0n) is 15.8. The number of carbonyl (C=O) groups excluding carboxylic acids is 1. The van der Waals surface area contributed by atoms with Crippen LogP contribution in [0, 0.1) is 11.8 Å². The smallest absolute Gasteiger partial charge is 0.308 e. The lowest BCUT2D eigenvalue weighted by Gasteiger charge is -2.33. The lowest BCUT2D eigenvalue weighted by molar-refractivity contribution is -0.146. The normalized spacial score (nSPS) is 17.2. The third-order valence-electron chi connectivity index (χ3n) is 4.71. The van der Waals surface area contributed by atoms with E-state index in [1.807, 2.05) is 0 Å². The van der Waals surface area contributed by atoms with Crippen LogP contribution in [0.15, 0.2) is 4.99 Å². The van der Waals surface area contributed by atoms with Crippen molar-refractivity contribution >= 4 is 35.9 Å². The zero-order valence-corrected chi connectivity index (χ0v) is 18.2. The van der Waals surface area contributed by atoms with Crippen LogP contribution in [0.4, 0.5) is 0 Å². The van der Waals surface area contributed by atoms with Crippen LogP contribution in [-0.2, 0) is 9.53 Å². The van der Waals surface area contributed by atoms with Gasteiger partial charge in [-0.25, -0.2) is 0 Å². The SMILES string of the molecule is CCCCC(CC)CN=C(NCC)N1CCC(C(=O)OC)CC1.I. The lowest BCUT2D eigenvalue weighted by atomic mass is 9.97. The highest BCUT2D eigenvalue weighted by atomic mass is 127. The molecule has 0 saturated carbocycles. The first-order chi connectivity index (χ1) is 11.2. The molecule has 1 aliphatic heterocycles. The second-order valence-corrected chi connectivity index (χ2v) is 6.40. The number of unbranched alkanes of at least 4 members (excludes halogenated alkanes) is 1. The predicted molar refractivity (Wildman–Crippen MR) is 111 cm³/mol. The van der Waals surface area contributed by atoms with E-state index in [-0.39, 0.29) is 35.9 Å². The topological polar surface area (TPSA) is 53.9 Å². The van der Waals surface area contributed by atoms with Crippen LogP contribution in [-0.4, -0.2) is 50.1 Å². The largest absolute Gasteiger partial charge is 0.469 e. The van der Waals surface area contributed by atoms with Gasteiger partial charge >= 0.3 is 5.97 Å². The first-order valence-corrected chi connectivity index (χ1v) is 9.27. The molecule has 0 aromatic heterocycles. The number of nitrogens with zero attached hydrogens (tertiary/aromatic N) is 2. The lowest BCUT2D eigenvalue weighted by Crippen LogP contribution is -2.46. The molecule has 24 heavy (non-hydrogen) atoms. The van der Waals surface area contributed by atoms with Crippen LogP contribution in [0.1, 0.15) is 59.3 Å². The van der Waals surface area contributed by atoms with Gasteiger partial charge < -0.3 is 15.0 Å². The van der Waals surface area contributed by atoms with E-state index < -0.39 is 0 Å². The Bertz CT molecular complexity index is 369. The molecule has 0 aromatic rings. The molecule has 0 bridgehead atoms. The van der Waals surface area contributed by atoms with E-state index in [4.69, 9.17) is 9.73 Å². The van der Waals surface area contributed by atoms with E-state index in [1.165, 1.54) is 32.8 Å². The van der Waals surface area contributed by atoms with Crippen molar-refractivity contribution in [3.8, 4) is 0 Å². The molecule has 1 aliphatic rings. The van der Waals surface area contributed by atoms with Crippen molar-refractivity contribution in [2.24, 2.45) is 16.8 Å². The fourth-order valence-electron chi connectivity index (χ4n) is 3.05. The fourth-order valence-corrected chi connectivity index (χ4v) is 3.05. The number of piperidine rings is 1. The molecule has 0 aliphatic carbocycles. The molecule has 5 nitrogen and oxygen atoms in total. The van der Waals surface area contributed by atoms with Crippen molar-refractivity contribution in [1.82, 2.24) is 10.2 Å². The minimum atomic E-state index is -0.0720. The van der Waals surface area contributed by atoms with Gasteiger partial charge in [-0.1, -0.05) is 33.1 Å². The molecule has 0 amide bonds. The predicted octanol–water partition coefficient (Wildman–Crippen LogP) is 3.67. The van der Waals surface area contributed by atoms with Gasteiger partial charge in [-0.3, -0.25) is 9.79 Å². The molecular weight excluding hydrogens is 417 g/mol. The summed E-state index contributed by atoms with van der Waals surface area (Å²) in [4.78, 5) is 18.8. The van der Waals surface area contributed by atoms with Crippen molar-refractivity contribution in [3.05, 3.63) is 0 Å². The highest BCUT2D eigenvalue weighted by Gasteiger charge is 2.27. The Morgan fingerprint density at radius 1 is 1.29 bits per heavy atom. The molecule has 0 aromatic carbocycles. The first kappa shape index (κ1) is 23.5. The summed E-state index contributed by atoms with van der Waals surface area (Å²) in [7, 11) is 1.47. The number of methoxy groups -OCH3 is 1. The number of halogens is 1. The minimum Gasteiger partial charge on any atom is -0.469 e.